The summed E-state index contributed by atoms with van der Waals surface area (Å²) in [7, 11) is 1.55. The lowest BCUT2D eigenvalue weighted by molar-refractivity contribution is 0.0882. The molecule has 0 aliphatic heterocycles. The molecule has 1 atom stereocenters. The second kappa shape index (κ2) is 6.53. The molecule has 0 aliphatic carbocycles. The highest BCUT2D eigenvalue weighted by Gasteiger charge is 2.18. The molecule has 0 spiro atoms. The maximum atomic E-state index is 11.9. The average molecular weight is 259 g/mol. The highest BCUT2D eigenvalue weighted by atomic mass is 32.1. The fourth-order valence-corrected chi connectivity index (χ4v) is 2.17. The van der Waals surface area contributed by atoms with Gasteiger partial charge in [-0.05, 0) is 13.3 Å². The maximum Gasteiger partial charge on any atom is 0.263 e. The van der Waals surface area contributed by atoms with Gasteiger partial charge in [0.2, 0.25) is 0 Å². The molecule has 96 valence electrons. The van der Waals surface area contributed by atoms with Crippen molar-refractivity contribution in [2.45, 2.75) is 19.4 Å². The average Bonchev–Trinajstić information content (AvgIpc) is 2.58. The van der Waals surface area contributed by atoms with Crippen LogP contribution in [0.2, 0.25) is 0 Å². The van der Waals surface area contributed by atoms with Crippen molar-refractivity contribution in [3.8, 4) is 0 Å². The van der Waals surface area contributed by atoms with Crippen molar-refractivity contribution in [2.24, 2.45) is 0 Å². The van der Waals surface area contributed by atoms with Crippen LogP contribution in [0.25, 0.3) is 0 Å². The summed E-state index contributed by atoms with van der Waals surface area (Å²) >= 11 is 1.15. The summed E-state index contributed by atoms with van der Waals surface area (Å²) in [6, 6.07) is -0.208. The Labute approximate surface area is 104 Å². The number of hydrogen-bond donors (Lipinski definition) is 3. The lowest BCUT2D eigenvalue weighted by Crippen LogP contribution is -2.38. The van der Waals surface area contributed by atoms with Crippen LogP contribution in [0.4, 0.5) is 5.13 Å². The molecule has 1 aromatic heterocycles. The number of thiazole rings is 1. The summed E-state index contributed by atoms with van der Waals surface area (Å²) in [4.78, 5) is 16.4. The zero-order chi connectivity index (χ0) is 12.8. The van der Waals surface area contributed by atoms with Crippen LogP contribution in [-0.2, 0) is 4.74 Å². The van der Waals surface area contributed by atoms with E-state index < -0.39 is 0 Å². The van der Waals surface area contributed by atoms with Gasteiger partial charge in [0.1, 0.15) is 4.88 Å². The molecular formula is C10H17N3O3S. The molecule has 0 aliphatic rings. The van der Waals surface area contributed by atoms with E-state index in [1.165, 1.54) is 0 Å². The number of aliphatic hydroxyl groups is 1. The van der Waals surface area contributed by atoms with Gasteiger partial charge in [0.05, 0.1) is 18.3 Å². The van der Waals surface area contributed by atoms with Crippen molar-refractivity contribution in [1.82, 2.24) is 10.3 Å². The Hall–Kier alpha value is -1.18. The number of ether oxygens (including phenoxy) is 1. The van der Waals surface area contributed by atoms with Crippen LogP contribution in [0.1, 0.15) is 21.8 Å². The van der Waals surface area contributed by atoms with Crippen LogP contribution < -0.4 is 11.1 Å². The third-order valence-corrected chi connectivity index (χ3v) is 3.19. The first-order valence-corrected chi connectivity index (χ1v) is 6.03. The SMILES string of the molecule is COCC(CCO)NC(=O)c1sc(N)nc1C. The lowest BCUT2D eigenvalue weighted by Gasteiger charge is -2.16. The Morgan fingerprint density at radius 3 is 2.88 bits per heavy atom. The Morgan fingerprint density at radius 1 is 1.71 bits per heavy atom. The Kier molecular flexibility index (Phi) is 5.33. The van der Waals surface area contributed by atoms with Gasteiger partial charge in [-0.2, -0.15) is 0 Å². The first kappa shape index (κ1) is 13.9. The van der Waals surface area contributed by atoms with Gasteiger partial charge in [0, 0.05) is 13.7 Å². The van der Waals surface area contributed by atoms with E-state index in [9.17, 15) is 4.79 Å². The highest BCUT2D eigenvalue weighted by molar-refractivity contribution is 7.17. The quantitative estimate of drug-likeness (QED) is 0.676. The first-order chi connectivity index (χ1) is 8.08. The summed E-state index contributed by atoms with van der Waals surface area (Å²) in [5.41, 5.74) is 6.14. The molecule has 0 bridgehead atoms. The number of methoxy groups -OCH3 is 1. The van der Waals surface area contributed by atoms with Crippen molar-refractivity contribution in [3.63, 3.8) is 0 Å². The molecule has 1 unspecified atom stereocenters. The van der Waals surface area contributed by atoms with Crippen LogP contribution in [0.5, 0.6) is 0 Å². The molecule has 17 heavy (non-hydrogen) atoms. The molecule has 0 saturated heterocycles. The highest BCUT2D eigenvalue weighted by Crippen LogP contribution is 2.19. The van der Waals surface area contributed by atoms with E-state index in [0.29, 0.717) is 28.7 Å². The summed E-state index contributed by atoms with van der Waals surface area (Å²) in [6.45, 7) is 2.09. The smallest absolute Gasteiger partial charge is 0.263 e. The van der Waals surface area contributed by atoms with Gasteiger partial charge in [-0.1, -0.05) is 11.3 Å². The maximum absolute atomic E-state index is 11.9. The molecule has 1 amide bonds. The minimum Gasteiger partial charge on any atom is -0.396 e. The first-order valence-electron chi connectivity index (χ1n) is 5.22. The monoisotopic (exact) mass is 259 g/mol. The van der Waals surface area contributed by atoms with Crippen molar-refractivity contribution in [3.05, 3.63) is 10.6 Å². The Bertz CT molecular complexity index is 375. The summed E-state index contributed by atoms with van der Waals surface area (Å²) in [5.74, 6) is -0.229. The molecule has 7 heteroatoms. The minimum absolute atomic E-state index is 0.00187. The van der Waals surface area contributed by atoms with Gasteiger partial charge < -0.3 is 20.9 Å². The summed E-state index contributed by atoms with van der Waals surface area (Å²) < 4.78 is 4.97. The molecular weight excluding hydrogens is 242 g/mol. The number of nitrogens with zero attached hydrogens (tertiary/aromatic N) is 1. The van der Waals surface area contributed by atoms with Gasteiger partial charge in [0.25, 0.3) is 5.91 Å². The molecule has 1 aromatic rings. The number of carbonyl (C=O) groups is 1. The topological polar surface area (TPSA) is 97.5 Å². The van der Waals surface area contributed by atoms with E-state index in [0.717, 1.165) is 11.3 Å². The molecule has 6 nitrogen and oxygen atoms in total. The van der Waals surface area contributed by atoms with Crippen LogP contribution in [-0.4, -0.2) is 42.4 Å². The summed E-state index contributed by atoms with van der Waals surface area (Å²) in [6.07, 6.45) is 0.451. The summed E-state index contributed by atoms with van der Waals surface area (Å²) in [5, 5.41) is 12.0. The molecule has 0 radical (unpaired) electrons. The van der Waals surface area contributed by atoms with Gasteiger partial charge in [-0.25, -0.2) is 4.98 Å². The van der Waals surface area contributed by atoms with Crippen molar-refractivity contribution >= 4 is 22.4 Å². The van der Waals surface area contributed by atoms with Crippen LogP contribution in [0.3, 0.4) is 0 Å². The predicted octanol–water partition coefficient (Wildman–Crippen LogP) is 0.161. The van der Waals surface area contributed by atoms with E-state index in [4.69, 9.17) is 15.6 Å². The van der Waals surface area contributed by atoms with Gasteiger partial charge >= 0.3 is 0 Å². The Balaban J connectivity index is 2.66. The van der Waals surface area contributed by atoms with Crippen LogP contribution >= 0.6 is 11.3 Å². The lowest BCUT2D eigenvalue weighted by atomic mass is 10.2. The number of rotatable bonds is 6. The minimum atomic E-state index is -0.229. The van der Waals surface area contributed by atoms with Crippen molar-refractivity contribution in [2.75, 3.05) is 26.1 Å². The van der Waals surface area contributed by atoms with Gasteiger partial charge in [0.15, 0.2) is 5.13 Å². The number of aryl methyl sites for hydroxylation is 1. The number of nitrogen functional groups attached to an aromatic ring is 1. The molecule has 0 saturated carbocycles. The second-order valence-electron chi connectivity index (χ2n) is 3.60. The standard InChI is InChI=1S/C10H17N3O3S/c1-6-8(17-10(11)12-6)9(15)13-7(3-4-14)5-16-2/h7,14H,3-5H2,1-2H3,(H2,11,12)(H,13,15). The fraction of sp³-hybridized carbons (Fsp3) is 0.600. The largest absolute Gasteiger partial charge is 0.396 e. The number of nitrogens with one attached hydrogen (secondary N) is 1. The number of carbonyl (C=O) groups excluding carboxylic acids is 1. The third-order valence-electron chi connectivity index (χ3n) is 2.20. The Morgan fingerprint density at radius 2 is 2.41 bits per heavy atom. The zero-order valence-corrected chi connectivity index (χ0v) is 10.7. The molecule has 4 N–H and O–H groups in total. The van der Waals surface area contributed by atoms with Crippen LogP contribution in [0, 0.1) is 6.92 Å². The fourth-order valence-electron chi connectivity index (χ4n) is 1.43. The van der Waals surface area contributed by atoms with Crippen LogP contribution in [0.15, 0.2) is 0 Å². The van der Waals surface area contributed by atoms with Gasteiger partial charge in [-0.3, -0.25) is 4.79 Å². The van der Waals surface area contributed by atoms with E-state index in [-0.39, 0.29) is 18.6 Å². The van der Waals surface area contributed by atoms with E-state index in [1.54, 1.807) is 14.0 Å². The number of aromatic nitrogens is 1. The molecule has 1 rings (SSSR count). The van der Waals surface area contributed by atoms with Crippen molar-refractivity contribution in [1.29, 1.82) is 0 Å². The number of nitrogens with two attached hydrogens (primary N) is 1. The van der Waals surface area contributed by atoms with Crippen molar-refractivity contribution < 1.29 is 14.6 Å². The molecule has 1 heterocycles. The van der Waals surface area contributed by atoms with E-state index >= 15 is 0 Å². The zero-order valence-electron chi connectivity index (χ0n) is 9.90. The van der Waals surface area contributed by atoms with E-state index in [2.05, 4.69) is 10.3 Å². The second-order valence-corrected chi connectivity index (χ2v) is 4.64. The van der Waals surface area contributed by atoms with Gasteiger partial charge in [-0.15, -0.1) is 0 Å². The normalized spacial score (nSPS) is 12.4. The number of amides is 1. The molecule has 0 fully saturated rings. The van der Waals surface area contributed by atoms with E-state index in [1.807, 2.05) is 0 Å². The number of anilines is 1. The number of aliphatic hydroxyl groups excluding tert-OH is 1. The molecule has 0 aromatic carbocycles. The predicted molar refractivity (Wildman–Crippen MR) is 66.1 cm³/mol. The number of hydrogen-bond acceptors (Lipinski definition) is 6. The third kappa shape index (κ3) is 3.95.